The van der Waals surface area contributed by atoms with Crippen molar-refractivity contribution in [1.29, 1.82) is 0 Å². The summed E-state index contributed by atoms with van der Waals surface area (Å²) in [6, 6.07) is 5.53. The molecule has 0 spiro atoms. The quantitative estimate of drug-likeness (QED) is 0.730. The minimum absolute atomic E-state index is 0.0250. The molecule has 1 amide bonds. The Morgan fingerprint density at radius 3 is 2.87 bits per heavy atom. The van der Waals surface area contributed by atoms with Crippen molar-refractivity contribution in [2.24, 2.45) is 0 Å². The van der Waals surface area contributed by atoms with Gasteiger partial charge in [0, 0.05) is 25.3 Å². The Morgan fingerprint density at radius 2 is 2.22 bits per heavy atom. The van der Waals surface area contributed by atoms with Gasteiger partial charge in [0.25, 0.3) is 5.91 Å². The molecule has 1 aliphatic heterocycles. The summed E-state index contributed by atoms with van der Waals surface area (Å²) in [5.41, 5.74) is 1.88. The number of rotatable bonds is 7. The van der Waals surface area contributed by atoms with Gasteiger partial charge in [-0.25, -0.2) is 0 Å². The van der Waals surface area contributed by atoms with Crippen molar-refractivity contribution in [3.05, 3.63) is 23.8 Å². The monoisotopic (exact) mass is 342 g/mol. The lowest BCUT2D eigenvalue weighted by Crippen LogP contribution is -2.42. The van der Waals surface area contributed by atoms with Crippen molar-refractivity contribution in [2.45, 2.75) is 13.0 Å². The first-order valence-corrected chi connectivity index (χ1v) is 8.20. The number of carbonyl (C=O) groups is 1. The molecule has 1 atom stereocenters. The summed E-state index contributed by atoms with van der Waals surface area (Å²) in [4.78, 5) is 13.8. The minimum atomic E-state index is -0.585. The van der Waals surface area contributed by atoms with Crippen LogP contribution in [0.4, 0.5) is 5.69 Å². The summed E-state index contributed by atoms with van der Waals surface area (Å²) >= 11 is 5.56. The van der Waals surface area contributed by atoms with Crippen molar-refractivity contribution in [2.75, 3.05) is 50.7 Å². The molecular formula is C16H23ClN2O4. The van der Waals surface area contributed by atoms with E-state index in [9.17, 15) is 9.90 Å². The van der Waals surface area contributed by atoms with E-state index in [0.717, 1.165) is 11.3 Å². The zero-order valence-corrected chi connectivity index (χ0v) is 14.0. The van der Waals surface area contributed by atoms with Crippen LogP contribution in [-0.2, 0) is 9.53 Å². The van der Waals surface area contributed by atoms with Crippen LogP contribution in [0.3, 0.4) is 0 Å². The van der Waals surface area contributed by atoms with Gasteiger partial charge in [-0.2, -0.15) is 0 Å². The Bertz CT molecular complexity index is 521. The summed E-state index contributed by atoms with van der Waals surface area (Å²) in [5, 5.41) is 12.6. The largest absolute Gasteiger partial charge is 0.484 e. The van der Waals surface area contributed by atoms with Gasteiger partial charge in [-0.15, -0.1) is 11.6 Å². The van der Waals surface area contributed by atoms with E-state index in [2.05, 4.69) is 5.32 Å². The number of hydrogen-bond acceptors (Lipinski definition) is 5. The van der Waals surface area contributed by atoms with Gasteiger partial charge in [0.05, 0.1) is 25.2 Å². The van der Waals surface area contributed by atoms with Crippen molar-refractivity contribution in [3.63, 3.8) is 0 Å². The van der Waals surface area contributed by atoms with Crippen LogP contribution in [0.2, 0.25) is 0 Å². The van der Waals surface area contributed by atoms with Gasteiger partial charge in [0.2, 0.25) is 0 Å². The van der Waals surface area contributed by atoms with E-state index >= 15 is 0 Å². The second kappa shape index (κ2) is 8.96. The molecule has 1 heterocycles. The second-order valence-electron chi connectivity index (χ2n) is 5.45. The summed E-state index contributed by atoms with van der Waals surface area (Å²) in [6.07, 6.45) is -0.585. The van der Waals surface area contributed by atoms with Gasteiger partial charge >= 0.3 is 0 Å². The van der Waals surface area contributed by atoms with Crippen molar-refractivity contribution < 1.29 is 19.4 Å². The zero-order valence-electron chi connectivity index (χ0n) is 13.3. The lowest BCUT2D eigenvalue weighted by Gasteiger charge is -2.26. The fourth-order valence-corrected chi connectivity index (χ4v) is 2.36. The maximum absolute atomic E-state index is 12.0. The number of benzene rings is 1. The van der Waals surface area contributed by atoms with E-state index < -0.39 is 6.10 Å². The Hall–Kier alpha value is -1.50. The number of ether oxygens (including phenoxy) is 2. The first-order chi connectivity index (χ1) is 11.1. The third-order valence-corrected chi connectivity index (χ3v) is 3.99. The molecule has 1 aromatic carbocycles. The van der Waals surface area contributed by atoms with Crippen molar-refractivity contribution >= 4 is 23.2 Å². The van der Waals surface area contributed by atoms with Gasteiger partial charge in [0.15, 0.2) is 6.61 Å². The van der Waals surface area contributed by atoms with Crippen LogP contribution >= 0.6 is 11.6 Å². The Kier molecular flexibility index (Phi) is 6.95. The summed E-state index contributed by atoms with van der Waals surface area (Å²) in [7, 11) is 0. The molecule has 1 aromatic rings. The lowest BCUT2D eigenvalue weighted by molar-refractivity contribution is -0.137. The maximum atomic E-state index is 12.0. The van der Waals surface area contributed by atoms with Crippen LogP contribution in [0.15, 0.2) is 18.2 Å². The summed E-state index contributed by atoms with van der Waals surface area (Å²) in [6.45, 7) is 4.75. The molecule has 0 saturated carbocycles. The Labute approximate surface area is 141 Å². The van der Waals surface area contributed by atoms with Crippen molar-refractivity contribution in [3.8, 4) is 5.75 Å². The fourth-order valence-electron chi connectivity index (χ4n) is 2.26. The van der Waals surface area contributed by atoms with Crippen LogP contribution in [0.1, 0.15) is 5.56 Å². The predicted octanol–water partition coefficient (Wildman–Crippen LogP) is 1.24. The van der Waals surface area contributed by atoms with Gasteiger partial charge in [-0.1, -0.05) is 0 Å². The van der Waals surface area contributed by atoms with Crippen LogP contribution in [0.5, 0.6) is 5.75 Å². The second-order valence-corrected chi connectivity index (χ2v) is 5.76. The normalized spacial score (nSPS) is 16.0. The SMILES string of the molecule is Cc1cc(OCC(=O)N2CCOCC2)ccc1NCC(O)CCl. The molecule has 0 aliphatic carbocycles. The number of nitrogens with one attached hydrogen (secondary N) is 1. The molecular weight excluding hydrogens is 320 g/mol. The number of amides is 1. The fraction of sp³-hybridized carbons (Fsp3) is 0.562. The molecule has 7 heteroatoms. The van der Waals surface area contributed by atoms with E-state index in [1.807, 2.05) is 19.1 Å². The van der Waals surface area contributed by atoms with Crippen LogP contribution in [0, 0.1) is 6.92 Å². The standard InChI is InChI=1S/C16H23ClN2O4/c1-12-8-14(2-3-15(12)18-10-13(20)9-17)23-11-16(21)19-4-6-22-7-5-19/h2-3,8,13,18,20H,4-7,9-11H2,1H3. The summed E-state index contributed by atoms with van der Waals surface area (Å²) in [5.74, 6) is 0.808. The van der Waals surface area contributed by atoms with Crippen molar-refractivity contribution in [1.82, 2.24) is 4.90 Å². The maximum Gasteiger partial charge on any atom is 0.260 e. The number of halogens is 1. The average molecular weight is 343 g/mol. The number of hydrogen-bond donors (Lipinski definition) is 2. The number of alkyl halides is 1. The number of aryl methyl sites for hydroxylation is 1. The number of aliphatic hydroxyl groups excluding tert-OH is 1. The molecule has 1 aliphatic rings. The number of aliphatic hydroxyl groups is 1. The molecule has 6 nitrogen and oxygen atoms in total. The van der Waals surface area contributed by atoms with E-state index in [1.165, 1.54) is 0 Å². The number of anilines is 1. The van der Waals surface area contributed by atoms with E-state index in [4.69, 9.17) is 21.1 Å². The number of morpholine rings is 1. The Balaban J connectivity index is 1.83. The first-order valence-electron chi connectivity index (χ1n) is 7.67. The topological polar surface area (TPSA) is 71.0 Å². The molecule has 2 N–H and O–H groups in total. The Morgan fingerprint density at radius 1 is 1.48 bits per heavy atom. The third kappa shape index (κ3) is 5.57. The predicted molar refractivity (Wildman–Crippen MR) is 89.3 cm³/mol. The van der Waals surface area contributed by atoms with Gasteiger partial charge in [-0.05, 0) is 30.7 Å². The van der Waals surface area contributed by atoms with Gasteiger partial charge < -0.3 is 24.8 Å². The molecule has 0 aromatic heterocycles. The van der Waals surface area contributed by atoms with Gasteiger partial charge in [-0.3, -0.25) is 4.79 Å². The highest BCUT2D eigenvalue weighted by molar-refractivity contribution is 6.18. The molecule has 0 bridgehead atoms. The highest BCUT2D eigenvalue weighted by Crippen LogP contribution is 2.21. The smallest absolute Gasteiger partial charge is 0.260 e. The number of nitrogens with zero attached hydrogens (tertiary/aromatic N) is 1. The highest BCUT2D eigenvalue weighted by Gasteiger charge is 2.17. The lowest BCUT2D eigenvalue weighted by atomic mass is 10.2. The molecule has 23 heavy (non-hydrogen) atoms. The average Bonchev–Trinajstić information content (AvgIpc) is 2.59. The molecule has 128 valence electrons. The molecule has 1 unspecified atom stereocenters. The van der Waals surface area contributed by atoms with Crippen LogP contribution in [-0.4, -0.2) is 67.4 Å². The molecule has 1 fully saturated rings. The van der Waals surface area contributed by atoms with E-state index in [1.54, 1.807) is 11.0 Å². The van der Waals surface area contributed by atoms with E-state index in [-0.39, 0.29) is 18.4 Å². The molecule has 1 saturated heterocycles. The number of carbonyl (C=O) groups excluding carboxylic acids is 1. The van der Waals surface area contributed by atoms with Gasteiger partial charge in [0.1, 0.15) is 5.75 Å². The zero-order chi connectivity index (χ0) is 16.7. The van der Waals surface area contributed by atoms with Crippen LogP contribution in [0.25, 0.3) is 0 Å². The first kappa shape index (κ1) is 17.8. The highest BCUT2D eigenvalue weighted by atomic mass is 35.5. The summed E-state index contributed by atoms with van der Waals surface area (Å²) < 4.78 is 10.8. The molecule has 2 rings (SSSR count). The minimum Gasteiger partial charge on any atom is -0.484 e. The third-order valence-electron chi connectivity index (χ3n) is 3.63. The molecule has 0 radical (unpaired) electrons. The van der Waals surface area contributed by atoms with E-state index in [0.29, 0.717) is 38.6 Å². The van der Waals surface area contributed by atoms with Crippen LogP contribution < -0.4 is 10.1 Å².